The fourth-order valence-corrected chi connectivity index (χ4v) is 1.62. The van der Waals surface area contributed by atoms with Crippen LogP contribution in [-0.4, -0.2) is 26.2 Å². The highest BCUT2D eigenvalue weighted by atomic mass is 16.5. The summed E-state index contributed by atoms with van der Waals surface area (Å²) in [5.41, 5.74) is 0. The minimum absolute atomic E-state index is 0.522. The van der Waals surface area contributed by atoms with Crippen molar-refractivity contribution in [2.75, 3.05) is 19.7 Å². The van der Waals surface area contributed by atoms with E-state index < -0.39 is 0 Å². The van der Waals surface area contributed by atoms with Crippen LogP contribution in [0.5, 0.6) is 0 Å². The van der Waals surface area contributed by atoms with Crippen LogP contribution < -0.4 is 5.32 Å². The van der Waals surface area contributed by atoms with E-state index in [0.29, 0.717) is 6.61 Å². The van der Waals surface area contributed by atoms with Gasteiger partial charge in [-0.2, -0.15) is 0 Å². The molecule has 0 fully saturated rings. The van der Waals surface area contributed by atoms with Crippen LogP contribution in [0.3, 0.4) is 0 Å². The summed E-state index contributed by atoms with van der Waals surface area (Å²) in [6.45, 7) is 6.47. The third-order valence-electron chi connectivity index (χ3n) is 2.62. The van der Waals surface area contributed by atoms with E-state index in [1.807, 2.05) is 0 Å². The van der Waals surface area contributed by atoms with E-state index in [-0.39, 0.29) is 0 Å². The van der Waals surface area contributed by atoms with Crippen LogP contribution in [0.15, 0.2) is 0 Å². The molecule has 0 aliphatic heterocycles. The topological polar surface area (TPSA) is 38.3 Å². The Morgan fingerprint density at radius 1 is 0.938 bits per heavy atom. The van der Waals surface area contributed by atoms with Gasteiger partial charge in [0.1, 0.15) is 0 Å². The summed E-state index contributed by atoms with van der Waals surface area (Å²) >= 11 is 0. The van der Waals surface area contributed by atoms with Gasteiger partial charge in [-0.25, -0.2) is 4.79 Å². The molecular weight excluding hydrogens is 202 g/mol. The quantitative estimate of drug-likeness (QED) is 0.493. The number of ether oxygens (including phenoxy) is 1. The molecule has 0 aliphatic carbocycles. The van der Waals surface area contributed by atoms with Gasteiger partial charge in [0.25, 0.3) is 0 Å². The SMILES string of the molecule is CCCCCCNCCCCCCO[C]=O. The van der Waals surface area contributed by atoms with E-state index in [1.54, 1.807) is 0 Å². The van der Waals surface area contributed by atoms with Crippen molar-refractivity contribution >= 4 is 6.47 Å². The molecule has 0 atom stereocenters. The first kappa shape index (κ1) is 15.4. The summed E-state index contributed by atoms with van der Waals surface area (Å²) < 4.78 is 4.49. The molecule has 3 nitrogen and oxygen atoms in total. The Morgan fingerprint density at radius 3 is 2.19 bits per heavy atom. The van der Waals surface area contributed by atoms with Gasteiger partial charge in [0, 0.05) is 0 Å². The number of hydrogen-bond donors (Lipinski definition) is 1. The number of nitrogens with one attached hydrogen (secondary N) is 1. The summed E-state index contributed by atoms with van der Waals surface area (Å²) in [6, 6.07) is 0. The highest BCUT2D eigenvalue weighted by Gasteiger charge is 1.92. The molecule has 0 aromatic carbocycles. The molecule has 0 amide bonds. The third kappa shape index (κ3) is 13.4. The van der Waals surface area contributed by atoms with Crippen LogP contribution in [0.1, 0.15) is 58.3 Å². The van der Waals surface area contributed by atoms with E-state index in [2.05, 4.69) is 17.0 Å². The van der Waals surface area contributed by atoms with Crippen molar-refractivity contribution in [3.63, 3.8) is 0 Å². The molecule has 0 aromatic rings. The molecule has 0 rings (SSSR count). The summed E-state index contributed by atoms with van der Waals surface area (Å²) in [4.78, 5) is 9.73. The normalized spacial score (nSPS) is 10.3. The van der Waals surface area contributed by atoms with Crippen LogP contribution in [-0.2, 0) is 9.53 Å². The predicted molar refractivity (Wildman–Crippen MR) is 67.1 cm³/mol. The first-order valence-corrected chi connectivity index (χ1v) is 6.61. The van der Waals surface area contributed by atoms with Crippen LogP contribution in [0.25, 0.3) is 0 Å². The van der Waals surface area contributed by atoms with E-state index in [4.69, 9.17) is 0 Å². The maximum Gasteiger partial charge on any atom is 0.417 e. The monoisotopic (exact) mass is 228 g/mol. The molecule has 0 heterocycles. The maximum absolute atomic E-state index is 9.73. The molecule has 0 aromatic heterocycles. The van der Waals surface area contributed by atoms with Crippen molar-refractivity contribution in [2.45, 2.75) is 58.3 Å². The molecule has 1 N–H and O–H groups in total. The van der Waals surface area contributed by atoms with Crippen molar-refractivity contribution in [3.05, 3.63) is 0 Å². The summed E-state index contributed by atoms with van der Waals surface area (Å²) in [5, 5.41) is 3.45. The van der Waals surface area contributed by atoms with Gasteiger partial charge < -0.3 is 10.1 Å². The van der Waals surface area contributed by atoms with Gasteiger partial charge in [-0.1, -0.05) is 39.0 Å². The van der Waals surface area contributed by atoms with Gasteiger partial charge in [-0.05, 0) is 32.4 Å². The Bertz CT molecular complexity index is 140. The molecule has 0 unspecified atom stereocenters. The van der Waals surface area contributed by atoms with E-state index >= 15 is 0 Å². The average Bonchev–Trinajstić information content (AvgIpc) is 2.31. The smallest absolute Gasteiger partial charge is 0.417 e. The highest BCUT2D eigenvalue weighted by molar-refractivity contribution is 5.37. The summed E-state index contributed by atoms with van der Waals surface area (Å²) in [7, 11) is 0. The van der Waals surface area contributed by atoms with Gasteiger partial charge in [0.05, 0.1) is 6.61 Å². The van der Waals surface area contributed by atoms with Crippen LogP contribution in [0, 0.1) is 0 Å². The molecule has 3 heteroatoms. The second-order valence-corrected chi connectivity index (χ2v) is 4.16. The Balaban J connectivity index is 2.85. The molecule has 0 saturated carbocycles. The van der Waals surface area contributed by atoms with Crippen molar-refractivity contribution in [2.24, 2.45) is 0 Å². The van der Waals surface area contributed by atoms with Gasteiger partial charge in [0.2, 0.25) is 0 Å². The van der Waals surface area contributed by atoms with Gasteiger partial charge in [0.15, 0.2) is 0 Å². The summed E-state index contributed by atoms with van der Waals surface area (Å²) in [5.74, 6) is 0. The Morgan fingerprint density at radius 2 is 1.56 bits per heavy atom. The van der Waals surface area contributed by atoms with Crippen LogP contribution in [0.4, 0.5) is 0 Å². The third-order valence-corrected chi connectivity index (χ3v) is 2.62. The minimum Gasteiger partial charge on any atom is -0.457 e. The van der Waals surface area contributed by atoms with Crippen molar-refractivity contribution in [3.8, 4) is 0 Å². The molecule has 16 heavy (non-hydrogen) atoms. The second kappa shape index (κ2) is 14.4. The molecular formula is C13H26NO2. The van der Waals surface area contributed by atoms with Gasteiger partial charge in [-0.3, -0.25) is 0 Å². The lowest BCUT2D eigenvalue weighted by Crippen LogP contribution is -2.16. The highest BCUT2D eigenvalue weighted by Crippen LogP contribution is 2.00. The van der Waals surface area contributed by atoms with Crippen molar-refractivity contribution in [1.29, 1.82) is 0 Å². The molecule has 0 bridgehead atoms. The van der Waals surface area contributed by atoms with Gasteiger partial charge in [-0.15, -0.1) is 0 Å². The largest absolute Gasteiger partial charge is 0.457 e. The molecule has 95 valence electrons. The lowest BCUT2D eigenvalue weighted by Gasteiger charge is -2.04. The Hall–Kier alpha value is -0.570. The molecule has 1 radical (unpaired) electrons. The lowest BCUT2D eigenvalue weighted by atomic mass is 10.2. The first-order chi connectivity index (χ1) is 7.91. The average molecular weight is 228 g/mol. The summed E-state index contributed by atoms with van der Waals surface area (Å²) in [6.07, 6.45) is 9.85. The Kier molecular flexibility index (Phi) is 13.9. The maximum atomic E-state index is 9.73. The van der Waals surface area contributed by atoms with Crippen molar-refractivity contribution < 1.29 is 9.53 Å². The van der Waals surface area contributed by atoms with Crippen LogP contribution in [0.2, 0.25) is 0 Å². The molecule has 0 aliphatic rings. The predicted octanol–water partition coefficient (Wildman–Crippen LogP) is 2.80. The lowest BCUT2D eigenvalue weighted by molar-refractivity contribution is 0.268. The Labute approximate surface area is 99.9 Å². The standard InChI is InChI=1S/C13H26NO2/c1-2-3-4-7-10-14-11-8-5-6-9-12-16-13-15/h14H,2-12H2,1H3. The number of carbonyl (C=O) groups excluding carboxylic acids is 1. The zero-order valence-electron chi connectivity index (χ0n) is 10.6. The minimum atomic E-state index is 0.522. The van der Waals surface area contributed by atoms with E-state index in [1.165, 1.54) is 45.0 Å². The number of rotatable bonds is 13. The number of unbranched alkanes of at least 4 members (excludes halogenated alkanes) is 6. The molecule has 0 saturated heterocycles. The second-order valence-electron chi connectivity index (χ2n) is 4.16. The number of hydrogen-bond acceptors (Lipinski definition) is 3. The van der Waals surface area contributed by atoms with E-state index in [0.717, 1.165) is 25.9 Å². The van der Waals surface area contributed by atoms with Gasteiger partial charge >= 0.3 is 6.47 Å². The van der Waals surface area contributed by atoms with Crippen LogP contribution >= 0.6 is 0 Å². The first-order valence-electron chi connectivity index (χ1n) is 6.61. The zero-order chi connectivity index (χ0) is 11.9. The van der Waals surface area contributed by atoms with Crippen molar-refractivity contribution in [1.82, 2.24) is 5.32 Å². The molecule has 0 spiro atoms. The fraction of sp³-hybridized carbons (Fsp3) is 0.923. The van der Waals surface area contributed by atoms with E-state index in [9.17, 15) is 4.79 Å². The fourth-order valence-electron chi connectivity index (χ4n) is 1.62. The zero-order valence-corrected chi connectivity index (χ0v) is 10.6.